The van der Waals surface area contributed by atoms with Gasteiger partial charge >= 0.3 is 6.09 Å². The van der Waals surface area contributed by atoms with Gasteiger partial charge in [-0.25, -0.2) is 4.79 Å². The van der Waals surface area contributed by atoms with Crippen LogP contribution in [0, 0.1) is 11.8 Å². The molecule has 0 saturated carbocycles. The first-order valence-corrected chi connectivity index (χ1v) is 6.03. The molecule has 1 saturated heterocycles. The number of hydrogen-bond donors (Lipinski definition) is 1. The molecule has 0 aromatic rings. The smallest absolute Gasteiger partial charge is 0.411 e. The SMILES string of the molecule is CC(C)(C)OC(=O)N1CCCC[C@@H]1C#CCO. The third-order valence-electron chi connectivity index (χ3n) is 2.48. The summed E-state index contributed by atoms with van der Waals surface area (Å²) in [6, 6.07) is -0.120. The summed E-state index contributed by atoms with van der Waals surface area (Å²) in [5.74, 6) is 5.53. The first kappa shape index (κ1) is 13.9. The highest BCUT2D eigenvalue weighted by Gasteiger charge is 2.29. The van der Waals surface area contributed by atoms with E-state index in [0.717, 1.165) is 19.3 Å². The molecule has 4 nitrogen and oxygen atoms in total. The van der Waals surface area contributed by atoms with E-state index in [-0.39, 0.29) is 18.7 Å². The van der Waals surface area contributed by atoms with Crippen molar-refractivity contribution < 1.29 is 14.6 Å². The van der Waals surface area contributed by atoms with E-state index in [1.54, 1.807) is 4.90 Å². The van der Waals surface area contributed by atoms with Gasteiger partial charge in [-0.05, 0) is 40.0 Å². The fourth-order valence-corrected chi connectivity index (χ4v) is 1.78. The molecule has 1 amide bonds. The lowest BCUT2D eigenvalue weighted by atomic mass is 10.0. The first-order valence-electron chi connectivity index (χ1n) is 6.03. The average molecular weight is 239 g/mol. The van der Waals surface area contributed by atoms with E-state index < -0.39 is 5.60 Å². The number of hydrogen-bond acceptors (Lipinski definition) is 3. The number of ether oxygens (including phenoxy) is 1. The van der Waals surface area contributed by atoms with Gasteiger partial charge in [0.1, 0.15) is 12.2 Å². The second-order valence-corrected chi connectivity index (χ2v) is 5.16. The molecule has 0 radical (unpaired) electrons. The first-order chi connectivity index (χ1) is 7.94. The Morgan fingerprint density at radius 3 is 2.76 bits per heavy atom. The van der Waals surface area contributed by atoms with Gasteiger partial charge in [0.05, 0.1) is 6.04 Å². The Balaban J connectivity index is 2.67. The Kier molecular flexibility index (Phi) is 4.83. The molecule has 1 heterocycles. The van der Waals surface area contributed by atoms with Crippen molar-refractivity contribution in [3.8, 4) is 11.8 Å². The molecule has 0 spiro atoms. The molecular weight excluding hydrogens is 218 g/mol. The molecule has 0 bridgehead atoms. The van der Waals surface area contributed by atoms with Crippen molar-refractivity contribution in [3.63, 3.8) is 0 Å². The number of nitrogens with zero attached hydrogens (tertiary/aromatic N) is 1. The average Bonchev–Trinajstić information content (AvgIpc) is 2.24. The molecule has 1 rings (SSSR count). The predicted molar refractivity (Wildman–Crippen MR) is 65.4 cm³/mol. The van der Waals surface area contributed by atoms with E-state index in [1.807, 2.05) is 20.8 Å². The van der Waals surface area contributed by atoms with Crippen molar-refractivity contribution in [2.24, 2.45) is 0 Å². The van der Waals surface area contributed by atoms with Crippen molar-refractivity contribution in [2.45, 2.75) is 51.7 Å². The fourth-order valence-electron chi connectivity index (χ4n) is 1.78. The zero-order chi connectivity index (χ0) is 12.9. The van der Waals surface area contributed by atoms with E-state index >= 15 is 0 Å². The molecular formula is C13H21NO3. The maximum Gasteiger partial charge on any atom is 0.411 e. The quantitative estimate of drug-likeness (QED) is 0.655. The number of aliphatic hydroxyl groups is 1. The molecule has 0 aromatic carbocycles. The van der Waals surface area contributed by atoms with Gasteiger partial charge in [0.15, 0.2) is 0 Å². The Labute approximate surface area is 103 Å². The lowest BCUT2D eigenvalue weighted by Gasteiger charge is -2.34. The van der Waals surface area contributed by atoms with Crippen LogP contribution in [-0.2, 0) is 4.74 Å². The number of likely N-dealkylation sites (tertiary alicyclic amines) is 1. The monoisotopic (exact) mass is 239 g/mol. The van der Waals surface area contributed by atoms with Crippen LogP contribution in [-0.4, -0.2) is 40.9 Å². The molecule has 4 heteroatoms. The fraction of sp³-hybridized carbons (Fsp3) is 0.769. The molecule has 1 aliphatic rings. The van der Waals surface area contributed by atoms with Crippen LogP contribution in [0.15, 0.2) is 0 Å². The summed E-state index contributed by atoms with van der Waals surface area (Å²) < 4.78 is 5.34. The van der Waals surface area contributed by atoms with Gasteiger partial charge in [0, 0.05) is 6.54 Å². The summed E-state index contributed by atoms with van der Waals surface area (Å²) in [6.07, 6.45) is 2.58. The Morgan fingerprint density at radius 1 is 1.47 bits per heavy atom. The summed E-state index contributed by atoms with van der Waals surface area (Å²) in [6.45, 7) is 6.06. The molecule has 1 aliphatic heterocycles. The van der Waals surface area contributed by atoms with Gasteiger partial charge in [0.25, 0.3) is 0 Å². The van der Waals surface area contributed by atoms with Gasteiger partial charge in [0.2, 0.25) is 0 Å². The molecule has 0 aromatic heterocycles. The normalized spacial score (nSPS) is 20.5. The van der Waals surface area contributed by atoms with Crippen LogP contribution in [0.4, 0.5) is 4.79 Å². The van der Waals surface area contributed by atoms with Gasteiger partial charge in [-0.2, -0.15) is 0 Å². The van der Waals surface area contributed by atoms with Crippen molar-refractivity contribution in [3.05, 3.63) is 0 Å². The van der Waals surface area contributed by atoms with Crippen molar-refractivity contribution in [1.82, 2.24) is 4.90 Å². The van der Waals surface area contributed by atoms with Crippen molar-refractivity contribution in [2.75, 3.05) is 13.2 Å². The highest BCUT2D eigenvalue weighted by atomic mass is 16.6. The predicted octanol–water partition coefficient (Wildman–Crippen LogP) is 1.77. The van der Waals surface area contributed by atoms with Crippen molar-refractivity contribution in [1.29, 1.82) is 0 Å². The topological polar surface area (TPSA) is 49.8 Å². The summed E-state index contributed by atoms with van der Waals surface area (Å²) in [4.78, 5) is 13.6. The van der Waals surface area contributed by atoms with Crippen LogP contribution in [0.1, 0.15) is 40.0 Å². The molecule has 96 valence electrons. The van der Waals surface area contributed by atoms with Gasteiger partial charge in [-0.1, -0.05) is 11.8 Å². The minimum Gasteiger partial charge on any atom is -0.444 e. The van der Waals surface area contributed by atoms with E-state index in [4.69, 9.17) is 9.84 Å². The van der Waals surface area contributed by atoms with E-state index in [2.05, 4.69) is 11.8 Å². The van der Waals surface area contributed by atoms with Gasteiger partial charge in [-0.3, -0.25) is 4.90 Å². The van der Waals surface area contributed by atoms with Crippen LogP contribution < -0.4 is 0 Å². The molecule has 0 unspecified atom stereocenters. The summed E-state index contributed by atoms with van der Waals surface area (Å²) in [7, 11) is 0. The van der Waals surface area contributed by atoms with Crippen LogP contribution >= 0.6 is 0 Å². The molecule has 0 aliphatic carbocycles. The number of carbonyl (C=O) groups excluding carboxylic acids is 1. The minimum atomic E-state index is -0.483. The third kappa shape index (κ3) is 4.66. The second kappa shape index (κ2) is 5.92. The maximum atomic E-state index is 12.0. The molecule has 17 heavy (non-hydrogen) atoms. The van der Waals surface area contributed by atoms with Crippen LogP contribution in [0.3, 0.4) is 0 Å². The lowest BCUT2D eigenvalue weighted by molar-refractivity contribution is 0.0158. The zero-order valence-electron chi connectivity index (χ0n) is 10.8. The highest BCUT2D eigenvalue weighted by Crippen LogP contribution is 2.19. The van der Waals surface area contributed by atoms with Crippen molar-refractivity contribution >= 4 is 6.09 Å². The molecule has 1 atom stereocenters. The third-order valence-corrected chi connectivity index (χ3v) is 2.48. The molecule has 1 N–H and O–H groups in total. The number of amides is 1. The standard InChI is InChI=1S/C13H21NO3/c1-13(2,3)17-12(16)14-9-5-4-7-11(14)8-6-10-15/h11,15H,4-5,7,9-10H2,1-3H3/t11-/m1/s1. The second-order valence-electron chi connectivity index (χ2n) is 5.16. The highest BCUT2D eigenvalue weighted by molar-refractivity contribution is 5.69. The number of carbonyl (C=O) groups is 1. The Hall–Kier alpha value is -1.21. The maximum absolute atomic E-state index is 12.0. The largest absolute Gasteiger partial charge is 0.444 e. The van der Waals surface area contributed by atoms with Gasteiger partial charge < -0.3 is 9.84 Å². The van der Waals surface area contributed by atoms with Gasteiger partial charge in [-0.15, -0.1) is 0 Å². The van der Waals surface area contributed by atoms with Crippen LogP contribution in [0.25, 0.3) is 0 Å². The van der Waals surface area contributed by atoms with Crippen LogP contribution in [0.2, 0.25) is 0 Å². The number of piperidine rings is 1. The summed E-state index contributed by atoms with van der Waals surface area (Å²) in [5.41, 5.74) is -0.483. The lowest BCUT2D eigenvalue weighted by Crippen LogP contribution is -2.45. The summed E-state index contributed by atoms with van der Waals surface area (Å²) in [5, 5.41) is 8.70. The van der Waals surface area contributed by atoms with Crippen LogP contribution in [0.5, 0.6) is 0 Å². The van der Waals surface area contributed by atoms with E-state index in [0.29, 0.717) is 6.54 Å². The number of rotatable bonds is 0. The summed E-state index contributed by atoms with van der Waals surface area (Å²) >= 11 is 0. The Bertz CT molecular complexity index is 322. The zero-order valence-corrected chi connectivity index (χ0v) is 10.8. The van der Waals surface area contributed by atoms with E-state index in [1.165, 1.54) is 0 Å². The van der Waals surface area contributed by atoms with E-state index in [9.17, 15) is 4.79 Å². The minimum absolute atomic E-state index is 0.120. The number of aliphatic hydroxyl groups excluding tert-OH is 1. The Morgan fingerprint density at radius 2 is 2.18 bits per heavy atom. The molecule has 1 fully saturated rings.